The number of amides is 1. The van der Waals surface area contributed by atoms with E-state index in [1.165, 1.54) is 4.90 Å². The van der Waals surface area contributed by atoms with Crippen molar-refractivity contribution in [1.82, 2.24) is 4.90 Å². The Morgan fingerprint density at radius 3 is 2.72 bits per heavy atom. The molecule has 0 radical (unpaired) electrons. The van der Waals surface area contributed by atoms with E-state index in [2.05, 4.69) is 0 Å². The zero-order valence-electron chi connectivity index (χ0n) is 17.4. The van der Waals surface area contributed by atoms with E-state index >= 15 is 0 Å². The topological polar surface area (TPSA) is 82.1 Å². The molecule has 7 nitrogen and oxygen atoms in total. The minimum atomic E-state index is -0.723. The molecule has 1 aromatic carbocycles. The van der Waals surface area contributed by atoms with Crippen LogP contribution in [-0.4, -0.2) is 48.5 Å². The van der Waals surface area contributed by atoms with Crippen LogP contribution < -0.4 is 9.47 Å². The molecule has 1 atom stereocenters. The second kappa shape index (κ2) is 8.84. The SMILES string of the molecule is CCC(C)(C)C(=O)C(=O)N1CCC[C@H]1C(=O)OCCCc1ccc2c(c1)OCO2. The van der Waals surface area contributed by atoms with Gasteiger partial charge in [0.1, 0.15) is 6.04 Å². The lowest BCUT2D eigenvalue weighted by atomic mass is 9.84. The summed E-state index contributed by atoms with van der Waals surface area (Å²) in [5, 5.41) is 0. The van der Waals surface area contributed by atoms with Crippen molar-refractivity contribution < 1.29 is 28.6 Å². The molecular formula is C22H29NO6. The lowest BCUT2D eigenvalue weighted by Crippen LogP contribution is -2.48. The Morgan fingerprint density at radius 2 is 1.97 bits per heavy atom. The van der Waals surface area contributed by atoms with Gasteiger partial charge in [0.05, 0.1) is 6.61 Å². The van der Waals surface area contributed by atoms with E-state index in [1.54, 1.807) is 13.8 Å². The van der Waals surface area contributed by atoms with Crippen LogP contribution >= 0.6 is 0 Å². The third-order valence-corrected chi connectivity index (χ3v) is 5.77. The molecule has 1 fully saturated rings. The highest BCUT2D eigenvalue weighted by atomic mass is 16.7. The number of aryl methyl sites for hydroxylation is 1. The second-order valence-electron chi connectivity index (χ2n) is 8.18. The Labute approximate surface area is 171 Å². The van der Waals surface area contributed by atoms with Crippen molar-refractivity contribution in [1.29, 1.82) is 0 Å². The molecule has 0 bridgehead atoms. The third kappa shape index (κ3) is 4.71. The standard InChI is InChI=1S/C22H29NO6/c1-4-22(2,3)19(24)20(25)23-11-5-8-16(23)21(26)27-12-6-7-15-9-10-17-18(13-15)29-14-28-17/h9-10,13,16H,4-8,11-12,14H2,1-3H3/t16-/m0/s1. The molecule has 158 valence electrons. The van der Waals surface area contributed by atoms with Gasteiger partial charge in [-0.1, -0.05) is 26.8 Å². The van der Waals surface area contributed by atoms with Crippen molar-refractivity contribution in [2.24, 2.45) is 5.41 Å². The van der Waals surface area contributed by atoms with E-state index in [0.29, 0.717) is 32.2 Å². The van der Waals surface area contributed by atoms with Gasteiger partial charge >= 0.3 is 5.97 Å². The first-order chi connectivity index (χ1) is 13.8. The van der Waals surface area contributed by atoms with Crippen LogP contribution in [0.4, 0.5) is 0 Å². The van der Waals surface area contributed by atoms with Crippen LogP contribution in [0.5, 0.6) is 11.5 Å². The van der Waals surface area contributed by atoms with Gasteiger partial charge in [0.25, 0.3) is 5.91 Å². The number of ether oxygens (including phenoxy) is 3. The molecule has 3 rings (SSSR count). The summed E-state index contributed by atoms with van der Waals surface area (Å²) >= 11 is 0. The van der Waals surface area contributed by atoms with Gasteiger partial charge in [-0.3, -0.25) is 9.59 Å². The molecule has 2 aliphatic rings. The quantitative estimate of drug-likeness (QED) is 0.377. The molecule has 0 N–H and O–H groups in total. The summed E-state index contributed by atoms with van der Waals surface area (Å²) in [6.07, 6.45) is 3.20. The Bertz CT molecular complexity index is 788. The first-order valence-corrected chi connectivity index (χ1v) is 10.2. The minimum absolute atomic E-state index is 0.241. The Balaban J connectivity index is 1.48. The molecule has 0 spiro atoms. The largest absolute Gasteiger partial charge is 0.464 e. The number of fused-ring (bicyclic) bond motifs is 1. The molecule has 1 aromatic rings. The average Bonchev–Trinajstić information content (AvgIpc) is 3.38. The number of rotatable bonds is 8. The third-order valence-electron chi connectivity index (χ3n) is 5.77. The van der Waals surface area contributed by atoms with E-state index in [-0.39, 0.29) is 13.4 Å². The van der Waals surface area contributed by atoms with Gasteiger partial charge in [-0.2, -0.15) is 0 Å². The molecule has 0 unspecified atom stereocenters. The number of esters is 1. The maximum atomic E-state index is 12.6. The fourth-order valence-corrected chi connectivity index (χ4v) is 3.48. The van der Waals surface area contributed by atoms with E-state index in [4.69, 9.17) is 14.2 Å². The highest BCUT2D eigenvalue weighted by Crippen LogP contribution is 2.32. The number of nitrogens with zero attached hydrogens (tertiary/aromatic N) is 1. The Kier molecular flexibility index (Phi) is 6.45. The van der Waals surface area contributed by atoms with Gasteiger partial charge < -0.3 is 19.1 Å². The molecule has 2 heterocycles. The van der Waals surface area contributed by atoms with Crippen molar-refractivity contribution in [2.75, 3.05) is 19.9 Å². The predicted molar refractivity (Wildman–Crippen MR) is 106 cm³/mol. The Hall–Kier alpha value is -2.57. The lowest BCUT2D eigenvalue weighted by Gasteiger charge is -2.27. The van der Waals surface area contributed by atoms with Gasteiger partial charge in [-0.15, -0.1) is 0 Å². The fraction of sp³-hybridized carbons (Fsp3) is 0.591. The zero-order chi connectivity index (χ0) is 21.0. The molecular weight excluding hydrogens is 374 g/mol. The number of benzene rings is 1. The molecule has 1 saturated heterocycles. The van der Waals surface area contributed by atoms with Crippen molar-refractivity contribution in [3.8, 4) is 11.5 Å². The maximum Gasteiger partial charge on any atom is 0.328 e. The van der Waals surface area contributed by atoms with Crippen molar-refractivity contribution in [2.45, 2.75) is 58.9 Å². The minimum Gasteiger partial charge on any atom is -0.464 e. The highest BCUT2D eigenvalue weighted by molar-refractivity contribution is 6.38. The first kappa shape index (κ1) is 21.1. The van der Waals surface area contributed by atoms with E-state index in [1.807, 2.05) is 25.1 Å². The van der Waals surface area contributed by atoms with E-state index < -0.39 is 29.1 Å². The number of likely N-dealkylation sites (tertiary alicyclic amines) is 1. The van der Waals surface area contributed by atoms with Crippen LogP contribution in [-0.2, 0) is 25.5 Å². The lowest BCUT2D eigenvalue weighted by molar-refractivity contribution is -0.157. The van der Waals surface area contributed by atoms with Crippen molar-refractivity contribution in [3.05, 3.63) is 23.8 Å². The molecule has 2 aliphatic heterocycles. The summed E-state index contributed by atoms with van der Waals surface area (Å²) < 4.78 is 16.1. The fourth-order valence-electron chi connectivity index (χ4n) is 3.48. The highest BCUT2D eigenvalue weighted by Gasteiger charge is 2.41. The predicted octanol–water partition coefficient (Wildman–Crippen LogP) is 2.89. The van der Waals surface area contributed by atoms with Crippen molar-refractivity contribution >= 4 is 17.7 Å². The molecule has 29 heavy (non-hydrogen) atoms. The van der Waals surface area contributed by atoms with Crippen LogP contribution in [0.1, 0.15) is 52.0 Å². The number of hydrogen-bond donors (Lipinski definition) is 0. The summed E-state index contributed by atoms with van der Waals surface area (Å²) in [7, 11) is 0. The second-order valence-corrected chi connectivity index (χ2v) is 8.18. The normalized spacial score (nSPS) is 18.0. The van der Waals surface area contributed by atoms with Crippen LogP contribution in [0.3, 0.4) is 0 Å². The molecule has 7 heteroatoms. The van der Waals surface area contributed by atoms with Gasteiger partial charge in [0.2, 0.25) is 12.6 Å². The molecule has 0 saturated carbocycles. The van der Waals surface area contributed by atoms with E-state index in [9.17, 15) is 14.4 Å². The average molecular weight is 403 g/mol. The number of carbonyl (C=O) groups excluding carboxylic acids is 3. The summed E-state index contributed by atoms with van der Waals surface area (Å²) in [5.74, 6) is 0.0362. The first-order valence-electron chi connectivity index (χ1n) is 10.2. The smallest absolute Gasteiger partial charge is 0.328 e. The molecule has 0 aliphatic carbocycles. The van der Waals surface area contributed by atoms with Crippen LogP contribution in [0.25, 0.3) is 0 Å². The number of ketones is 1. The van der Waals surface area contributed by atoms with Crippen LogP contribution in [0.2, 0.25) is 0 Å². The maximum absolute atomic E-state index is 12.6. The monoisotopic (exact) mass is 403 g/mol. The summed E-state index contributed by atoms with van der Waals surface area (Å²) in [5.41, 5.74) is 0.356. The van der Waals surface area contributed by atoms with Gasteiger partial charge in [-0.25, -0.2) is 4.79 Å². The Morgan fingerprint density at radius 1 is 1.21 bits per heavy atom. The van der Waals surface area contributed by atoms with E-state index in [0.717, 1.165) is 23.5 Å². The zero-order valence-corrected chi connectivity index (χ0v) is 17.4. The summed E-state index contributed by atoms with van der Waals surface area (Å²) in [6.45, 7) is 6.31. The van der Waals surface area contributed by atoms with Crippen molar-refractivity contribution in [3.63, 3.8) is 0 Å². The van der Waals surface area contributed by atoms with Crippen LogP contribution in [0.15, 0.2) is 18.2 Å². The summed E-state index contributed by atoms with van der Waals surface area (Å²) in [4.78, 5) is 39.0. The molecule has 0 aromatic heterocycles. The van der Waals surface area contributed by atoms with Gasteiger partial charge in [-0.05, 0) is 49.8 Å². The van der Waals surface area contributed by atoms with Gasteiger partial charge in [0.15, 0.2) is 11.5 Å². The number of hydrogen-bond acceptors (Lipinski definition) is 6. The van der Waals surface area contributed by atoms with Crippen LogP contribution in [0, 0.1) is 5.41 Å². The number of Topliss-reactive ketones (excluding diaryl/α,β-unsaturated/α-hetero) is 1. The molecule has 1 amide bonds. The summed E-state index contributed by atoms with van der Waals surface area (Å²) in [6, 6.07) is 5.11. The number of carbonyl (C=O) groups is 3. The van der Waals surface area contributed by atoms with Gasteiger partial charge in [0, 0.05) is 12.0 Å².